The van der Waals surface area contributed by atoms with Gasteiger partial charge in [-0.1, -0.05) is 0 Å². The van der Waals surface area contributed by atoms with Crippen LogP contribution in [0.25, 0.3) is 0 Å². The Morgan fingerprint density at radius 1 is 1.69 bits per heavy atom. The lowest BCUT2D eigenvalue weighted by Crippen LogP contribution is -2.03. The third-order valence-corrected chi connectivity index (χ3v) is 1.72. The fourth-order valence-electron chi connectivity index (χ4n) is 1.07. The molecule has 0 atom stereocenters. The van der Waals surface area contributed by atoms with E-state index in [0.717, 1.165) is 0 Å². The lowest BCUT2D eigenvalue weighted by atomic mass is 10.2. The van der Waals surface area contributed by atoms with E-state index in [2.05, 4.69) is 10.3 Å². The summed E-state index contributed by atoms with van der Waals surface area (Å²) in [6.45, 7) is 4.30. The maximum absolute atomic E-state index is 10.5. The maximum Gasteiger partial charge on any atom is 0.277 e. The normalized spacial score (nSPS) is 9.69. The van der Waals surface area contributed by atoms with Crippen LogP contribution < -0.4 is 5.32 Å². The van der Waals surface area contributed by atoms with E-state index in [0.29, 0.717) is 17.9 Å². The van der Waals surface area contributed by atoms with Crippen LogP contribution in [-0.2, 0) is 0 Å². The van der Waals surface area contributed by atoms with E-state index in [9.17, 15) is 10.1 Å². The standard InChI is InChI=1S/C8H11N3O2/c1-3-9-8-6(2)7(11(12)13)4-5-10-8/h4-5H,3H2,1-2H3,(H,9,10). The molecular formula is C8H11N3O2. The number of nitrogens with zero attached hydrogens (tertiary/aromatic N) is 2. The molecule has 1 aromatic rings. The zero-order valence-corrected chi connectivity index (χ0v) is 7.57. The molecule has 1 rings (SSSR count). The van der Waals surface area contributed by atoms with Crippen LogP contribution in [0.5, 0.6) is 0 Å². The van der Waals surface area contributed by atoms with Crippen LogP contribution in [0, 0.1) is 17.0 Å². The van der Waals surface area contributed by atoms with Gasteiger partial charge in [0, 0.05) is 18.8 Å². The molecule has 0 radical (unpaired) electrons. The highest BCUT2D eigenvalue weighted by atomic mass is 16.6. The summed E-state index contributed by atoms with van der Waals surface area (Å²) in [4.78, 5) is 14.1. The Morgan fingerprint density at radius 3 is 2.92 bits per heavy atom. The molecule has 0 fully saturated rings. The minimum Gasteiger partial charge on any atom is -0.370 e. The summed E-state index contributed by atoms with van der Waals surface area (Å²) in [6, 6.07) is 1.40. The number of nitro groups is 1. The van der Waals surface area contributed by atoms with Crippen LogP contribution in [-0.4, -0.2) is 16.5 Å². The molecule has 13 heavy (non-hydrogen) atoms. The van der Waals surface area contributed by atoms with Crippen molar-refractivity contribution in [3.63, 3.8) is 0 Å². The van der Waals surface area contributed by atoms with E-state index in [4.69, 9.17) is 0 Å². The molecule has 0 aliphatic heterocycles. The molecule has 1 aromatic heterocycles. The molecule has 0 unspecified atom stereocenters. The Labute approximate surface area is 75.9 Å². The first-order chi connectivity index (χ1) is 6.16. The van der Waals surface area contributed by atoms with Crippen molar-refractivity contribution in [1.82, 2.24) is 4.98 Å². The summed E-state index contributed by atoms with van der Waals surface area (Å²) in [7, 11) is 0. The van der Waals surface area contributed by atoms with E-state index in [1.807, 2.05) is 6.92 Å². The molecule has 1 heterocycles. The fraction of sp³-hybridized carbons (Fsp3) is 0.375. The zero-order valence-electron chi connectivity index (χ0n) is 7.57. The highest BCUT2D eigenvalue weighted by molar-refractivity contribution is 5.54. The number of rotatable bonds is 3. The van der Waals surface area contributed by atoms with Crippen molar-refractivity contribution >= 4 is 11.5 Å². The average Bonchev–Trinajstić information content (AvgIpc) is 2.08. The van der Waals surface area contributed by atoms with Crippen LogP contribution in [0.3, 0.4) is 0 Å². The Bertz CT molecular complexity index is 325. The topological polar surface area (TPSA) is 68.1 Å². The van der Waals surface area contributed by atoms with Gasteiger partial charge in [0.2, 0.25) is 0 Å². The van der Waals surface area contributed by atoms with Crippen molar-refractivity contribution in [1.29, 1.82) is 0 Å². The van der Waals surface area contributed by atoms with Crippen molar-refractivity contribution in [3.8, 4) is 0 Å². The lowest BCUT2D eigenvalue weighted by Gasteiger charge is -2.05. The Balaban J connectivity index is 3.10. The van der Waals surface area contributed by atoms with Gasteiger partial charge < -0.3 is 5.32 Å². The van der Waals surface area contributed by atoms with Crippen LogP contribution in [0.15, 0.2) is 12.3 Å². The van der Waals surface area contributed by atoms with E-state index < -0.39 is 4.92 Å². The van der Waals surface area contributed by atoms with E-state index in [1.54, 1.807) is 6.92 Å². The lowest BCUT2D eigenvalue weighted by molar-refractivity contribution is -0.385. The summed E-state index contributed by atoms with van der Waals surface area (Å²) in [5.74, 6) is 0.580. The largest absolute Gasteiger partial charge is 0.370 e. The minimum atomic E-state index is -0.405. The molecule has 1 N–H and O–H groups in total. The zero-order chi connectivity index (χ0) is 9.84. The van der Waals surface area contributed by atoms with Gasteiger partial charge in [-0.05, 0) is 13.8 Å². The Kier molecular flexibility index (Phi) is 2.79. The molecule has 0 aliphatic carbocycles. The van der Waals surface area contributed by atoms with E-state index in [1.165, 1.54) is 12.3 Å². The van der Waals surface area contributed by atoms with Crippen LogP contribution in [0.2, 0.25) is 0 Å². The third kappa shape index (κ3) is 1.93. The molecule has 70 valence electrons. The second-order valence-corrected chi connectivity index (χ2v) is 2.59. The van der Waals surface area contributed by atoms with Gasteiger partial charge in [0.1, 0.15) is 5.82 Å². The van der Waals surface area contributed by atoms with Crippen LogP contribution in [0.4, 0.5) is 11.5 Å². The predicted molar refractivity (Wildman–Crippen MR) is 49.8 cm³/mol. The molecule has 5 heteroatoms. The minimum absolute atomic E-state index is 0.103. The van der Waals surface area contributed by atoms with Gasteiger partial charge in [0.25, 0.3) is 5.69 Å². The van der Waals surface area contributed by atoms with Crippen molar-refractivity contribution in [2.45, 2.75) is 13.8 Å². The number of nitrogens with one attached hydrogen (secondary N) is 1. The summed E-state index contributed by atoms with van der Waals surface area (Å²) < 4.78 is 0. The van der Waals surface area contributed by atoms with Gasteiger partial charge in [-0.25, -0.2) is 4.98 Å². The third-order valence-electron chi connectivity index (χ3n) is 1.72. The van der Waals surface area contributed by atoms with Gasteiger partial charge in [-0.2, -0.15) is 0 Å². The SMILES string of the molecule is CCNc1nccc([N+](=O)[O-])c1C. The molecule has 0 saturated heterocycles. The summed E-state index contributed by atoms with van der Waals surface area (Å²) in [6.07, 6.45) is 1.43. The van der Waals surface area contributed by atoms with Crippen LogP contribution in [0.1, 0.15) is 12.5 Å². The van der Waals surface area contributed by atoms with Gasteiger partial charge >= 0.3 is 0 Å². The van der Waals surface area contributed by atoms with Crippen molar-refractivity contribution in [2.75, 3.05) is 11.9 Å². The van der Waals surface area contributed by atoms with Gasteiger partial charge in [0.05, 0.1) is 10.5 Å². The van der Waals surface area contributed by atoms with Gasteiger partial charge in [-0.15, -0.1) is 0 Å². The van der Waals surface area contributed by atoms with Crippen molar-refractivity contribution in [3.05, 3.63) is 27.9 Å². The molecule has 0 aliphatic rings. The predicted octanol–water partition coefficient (Wildman–Crippen LogP) is 1.73. The van der Waals surface area contributed by atoms with Gasteiger partial charge in [0.15, 0.2) is 0 Å². The molecule has 5 nitrogen and oxygen atoms in total. The molecular weight excluding hydrogens is 170 g/mol. The molecule has 0 saturated carbocycles. The highest BCUT2D eigenvalue weighted by Gasteiger charge is 2.13. The number of anilines is 1. The van der Waals surface area contributed by atoms with E-state index in [-0.39, 0.29) is 5.69 Å². The Hall–Kier alpha value is -1.65. The number of hydrogen-bond donors (Lipinski definition) is 1. The molecule has 0 bridgehead atoms. The maximum atomic E-state index is 10.5. The second kappa shape index (κ2) is 3.84. The summed E-state index contributed by atoms with van der Waals surface area (Å²) >= 11 is 0. The number of aromatic nitrogens is 1. The van der Waals surface area contributed by atoms with Crippen molar-refractivity contribution in [2.24, 2.45) is 0 Å². The number of hydrogen-bond acceptors (Lipinski definition) is 4. The van der Waals surface area contributed by atoms with Crippen LogP contribution >= 0.6 is 0 Å². The number of pyridine rings is 1. The first kappa shape index (κ1) is 9.44. The first-order valence-corrected chi connectivity index (χ1v) is 4.00. The molecule has 0 aromatic carbocycles. The highest BCUT2D eigenvalue weighted by Crippen LogP contribution is 2.22. The Morgan fingerprint density at radius 2 is 2.38 bits per heavy atom. The quantitative estimate of drug-likeness (QED) is 0.569. The summed E-state index contributed by atoms with van der Waals surface area (Å²) in [5, 5.41) is 13.5. The van der Waals surface area contributed by atoms with Crippen molar-refractivity contribution < 1.29 is 4.92 Å². The first-order valence-electron chi connectivity index (χ1n) is 4.00. The average molecular weight is 181 g/mol. The smallest absolute Gasteiger partial charge is 0.277 e. The van der Waals surface area contributed by atoms with E-state index >= 15 is 0 Å². The molecule has 0 spiro atoms. The fourth-order valence-corrected chi connectivity index (χ4v) is 1.07. The molecule has 0 amide bonds. The summed E-state index contributed by atoms with van der Waals surface area (Å²) in [5.41, 5.74) is 0.681. The van der Waals surface area contributed by atoms with Gasteiger partial charge in [-0.3, -0.25) is 10.1 Å². The second-order valence-electron chi connectivity index (χ2n) is 2.59. The monoisotopic (exact) mass is 181 g/mol.